The second-order valence-electron chi connectivity index (χ2n) is 13.8. The van der Waals surface area contributed by atoms with Crippen molar-refractivity contribution in [2.45, 2.75) is 68.8 Å². The van der Waals surface area contributed by atoms with Crippen molar-refractivity contribution in [3.05, 3.63) is 47.5 Å². The second kappa shape index (κ2) is 11.2. The van der Waals surface area contributed by atoms with Crippen molar-refractivity contribution < 1.29 is 27.7 Å². The molecule has 2 bridgehead atoms. The van der Waals surface area contributed by atoms with Crippen LogP contribution in [0.2, 0.25) is 0 Å². The molecule has 0 radical (unpaired) electrons. The Bertz CT molecular complexity index is 2180. The quantitative estimate of drug-likeness (QED) is 0.202. The third-order valence-corrected chi connectivity index (χ3v) is 11.5. The molecule has 7 heterocycles. The smallest absolute Gasteiger partial charge is 0.410 e. The molecular formula is C34H35FN6O5S2. The van der Waals surface area contributed by atoms with E-state index in [0.717, 1.165) is 23.2 Å². The lowest BCUT2D eigenvalue weighted by atomic mass is 9.79. The van der Waals surface area contributed by atoms with Crippen molar-refractivity contribution >= 4 is 66.3 Å². The van der Waals surface area contributed by atoms with Crippen LogP contribution in [0.3, 0.4) is 0 Å². The van der Waals surface area contributed by atoms with Gasteiger partial charge in [-0.15, -0.1) is 11.3 Å². The summed E-state index contributed by atoms with van der Waals surface area (Å²) in [6, 6.07) is 6.81. The zero-order chi connectivity index (χ0) is 33.6. The normalized spacial score (nSPS) is 22.9. The van der Waals surface area contributed by atoms with E-state index in [9.17, 15) is 13.8 Å². The summed E-state index contributed by atoms with van der Waals surface area (Å²) < 4.78 is 44.2. The molecule has 48 heavy (non-hydrogen) atoms. The highest BCUT2D eigenvalue weighted by Gasteiger charge is 2.57. The zero-order valence-electron chi connectivity index (χ0n) is 27.2. The number of carbonyl (C=O) groups is 2. The predicted molar refractivity (Wildman–Crippen MR) is 181 cm³/mol. The maximum Gasteiger partial charge on any atom is 0.410 e. The van der Waals surface area contributed by atoms with Gasteiger partial charge in [-0.1, -0.05) is 12.1 Å². The molecule has 9 rings (SSSR count). The van der Waals surface area contributed by atoms with Crippen LogP contribution < -0.4 is 0 Å². The standard InChI is InChI=1S/C34H35FN6O5S2/c1-34(2,3)46-33(43)40-15-17-12-23(40)29(17)41-22(21-9-7-11-39(21)32(42)45-4)13-19-30(41)20-14-36-27(25(35)28(20)38-31(19)48(5)44)18-8-6-10-24-26(18)37-16-47-24/h6,8,10,13-14,16-17,21,23,29H,7,9,11-12,15H2,1-5H3/t17-,21-,23-,29+,48?/m1/s1. The number of methoxy groups -OCH3 is 1. The number of fused-ring (bicyclic) bond motifs is 5. The Morgan fingerprint density at radius 1 is 1.10 bits per heavy atom. The number of amides is 2. The van der Waals surface area contributed by atoms with Crippen molar-refractivity contribution in [1.82, 2.24) is 29.3 Å². The molecule has 250 valence electrons. The van der Waals surface area contributed by atoms with Gasteiger partial charge in [-0.3, -0.25) is 14.1 Å². The fourth-order valence-corrected chi connectivity index (χ4v) is 9.27. The Balaban J connectivity index is 1.37. The number of halogens is 1. The first kappa shape index (κ1) is 31.1. The number of hydrogen-bond donors (Lipinski definition) is 0. The van der Waals surface area contributed by atoms with Gasteiger partial charge in [0.15, 0.2) is 5.82 Å². The van der Waals surface area contributed by atoms with Crippen LogP contribution in [0.5, 0.6) is 0 Å². The minimum atomic E-state index is -1.59. The Labute approximate surface area is 282 Å². The Morgan fingerprint density at radius 3 is 2.67 bits per heavy atom. The van der Waals surface area contributed by atoms with Crippen LogP contribution in [0.4, 0.5) is 14.0 Å². The van der Waals surface area contributed by atoms with Crippen molar-refractivity contribution in [2.24, 2.45) is 5.92 Å². The summed E-state index contributed by atoms with van der Waals surface area (Å²) in [7, 11) is -0.220. The molecule has 5 atom stereocenters. The lowest BCUT2D eigenvalue weighted by molar-refractivity contribution is 0.0208. The largest absolute Gasteiger partial charge is 0.453 e. The number of benzene rings is 1. The number of carbonyl (C=O) groups excluding carboxylic acids is 2. The second-order valence-corrected chi connectivity index (χ2v) is 15.9. The summed E-state index contributed by atoms with van der Waals surface area (Å²) in [5.74, 6) is -0.525. The highest BCUT2D eigenvalue weighted by molar-refractivity contribution is 7.84. The fraction of sp³-hybridized carbons (Fsp3) is 0.441. The number of rotatable bonds is 4. The van der Waals surface area contributed by atoms with Gasteiger partial charge in [0.25, 0.3) is 0 Å². The topological polar surface area (TPSA) is 120 Å². The van der Waals surface area contributed by atoms with E-state index in [4.69, 9.17) is 14.5 Å². The van der Waals surface area contributed by atoms with E-state index < -0.39 is 28.3 Å². The summed E-state index contributed by atoms with van der Waals surface area (Å²) in [6.07, 6.45) is 4.62. The van der Waals surface area contributed by atoms with Gasteiger partial charge in [0.05, 0.1) is 57.3 Å². The zero-order valence-corrected chi connectivity index (χ0v) is 28.9. The van der Waals surface area contributed by atoms with Crippen LogP contribution in [-0.2, 0) is 20.3 Å². The molecule has 4 aromatic heterocycles. The van der Waals surface area contributed by atoms with Crippen molar-refractivity contribution in [2.75, 3.05) is 26.5 Å². The Kier molecular flexibility index (Phi) is 7.26. The highest BCUT2D eigenvalue weighted by Crippen LogP contribution is 2.54. The molecule has 14 heteroatoms. The Hall–Kier alpha value is -4.17. The maximum atomic E-state index is 16.8. The molecule has 1 unspecified atom stereocenters. The number of thiazole rings is 1. The van der Waals surface area contributed by atoms with Crippen LogP contribution in [0, 0.1) is 11.7 Å². The number of hydrogen-bond acceptors (Lipinski definition) is 9. The van der Waals surface area contributed by atoms with E-state index in [1.165, 1.54) is 24.7 Å². The number of likely N-dealkylation sites (tertiary alicyclic amines) is 1. The first-order valence-electron chi connectivity index (χ1n) is 16.0. The molecule has 3 saturated heterocycles. The predicted octanol–water partition coefficient (Wildman–Crippen LogP) is 6.82. The van der Waals surface area contributed by atoms with E-state index in [1.807, 2.05) is 39.0 Å². The molecular weight excluding hydrogens is 656 g/mol. The van der Waals surface area contributed by atoms with Crippen molar-refractivity contribution in [3.63, 3.8) is 0 Å². The van der Waals surface area contributed by atoms with Crippen LogP contribution >= 0.6 is 11.3 Å². The van der Waals surface area contributed by atoms with Crippen LogP contribution in [-0.4, -0.2) is 83.8 Å². The monoisotopic (exact) mass is 690 g/mol. The SMILES string of the molecule is COC(=O)N1CCC[C@@H]1c1cc2c(S(C)=O)nc3c(F)c(-c4cccc5scnc45)ncc3c2n1[C@H]1[C@@H]2C[C@H]1N(C(=O)OC(C)(C)C)C2. The molecule has 11 nitrogen and oxygen atoms in total. The molecule has 0 N–H and O–H groups in total. The van der Waals surface area contributed by atoms with E-state index in [2.05, 4.69) is 14.5 Å². The number of para-hydroxylation sites is 1. The molecule has 4 fully saturated rings. The summed E-state index contributed by atoms with van der Waals surface area (Å²) in [5, 5.41) is 1.33. The molecule has 3 aliphatic heterocycles. The maximum absolute atomic E-state index is 16.8. The summed E-state index contributed by atoms with van der Waals surface area (Å²) in [5.41, 5.74) is 3.90. The minimum Gasteiger partial charge on any atom is -0.453 e. The molecule has 1 aliphatic carbocycles. The lowest BCUT2D eigenvalue weighted by Crippen LogP contribution is -2.45. The van der Waals surface area contributed by atoms with Gasteiger partial charge >= 0.3 is 12.2 Å². The number of pyridine rings is 2. The lowest BCUT2D eigenvalue weighted by Gasteiger charge is -2.40. The van der Waals surface area contributed by atoms with Gasteiger partial charge in [-0.05, 0) is 52.2 Å². The average molecular weight is 691 g/mol. The number of aromatic nitrogens is 4. The molecule has 4 aliphatic rings. The summed E-state index contributed by atoms with van der Waals surface area (Å²) in [4.78, 5) is 43.7. The van der Waals surface area contributed by atoms with E-state index in [1.54, 1.807) is 27.6 Å². The van der Waals surface area contributed by atoms with Gasteiger partial charge in [0.1, 0.15) is 21.8 Å². The first-order chi connectivity index (χ1) is 23.0. The first-order valence-corrected chi connectivity index (χ1v) is 18.4. The third-order valence-electron chi connectivity index (χ3n) is 9.83. The molecule has 1 aromatic carbocycles. The van der Waals surface area contributed by atoms with E-state index in [0.29, 0.717) is 46.9 Å². The molecule has 0 spiro atoms. The van der Waals surface area contributed by atoms with Crippen LogP contribution in [0.15, 0.2) is 41.0 Å². The van der Waals surface area contributed by atoms with Crippen LogP contribution in [0.25, 0.3) is 43.3 Å². The van der Waals surface area contributed by atoms with Crippen molar-refractivity contribution in [3.8, 4) is 11.3 Å². The molecule has 1 saturated carbocycles. The van der Waals surface area contributed by atoms with E-state index >= 15 is 4.39 Å². The fourth-order valence-electron chi connectivity index (χ4n) is 7.88. The number of ether oxygens (including phenoxy) is 2. The van der Waals surface area contributed by atoms with Gasteiger partial charge in [0, 0.05) is 53.5 Å². The average Bonchev–Trinajstić information content (AvgIpc) is 3.87. The van der Waals surface area contributed by atoms with Gasteiger partial charge < -0.3 is 18.9 Å². The van der Waals surface area contributed by atoms with Gasteiger partial charge in [-0.2, -0.15) is 0 Å². The third kappa shape index (κ3) is 4.70. The molecule has 2 amide bonds. The molecule has 5 aromatic rings. The highest BCUT2D eigenvalue weighted by atomic mass is 32.2. The van der Waals surface area contributed by atoms with Gasteiger partial charge in [-0.25, -0.2) is 23.9 Å². The minimum absolute atomic E-state index is 0.0581. The van der Waals surface area contributed by atoms with Crippen LogP contribution in [0.1, 0.15) is 57.8 Å². The summed E-state index contributed by atoms with van der Waals surface area (Å²) in [6.45, 7) is 6.57. The Morgan fingerprint density at radius 2 is 1.92 bits per heavy atom. The number of nitrogens with zero attached hydrogens (tertiary/aromatic N) is 6. The van der Waals surface area contributed by atoms with E-state index in [-0.39, 0.29) is 46.4 Å². The van der Waals surface area contributed by atoms with Gasteiger partial charge in [0.2, 0.25) is 0 Å². The van der Waals surface area contributed by atoms with Crippen molar-refractivity contribution in [1.29, 1.82) is 0 Å². The summed E-state index contributed by atoms with van der Waals surface area (Å²) >= 11 is 1.46.